The Morgan fingerprint density at radius 1 is 1.20 bits per heavy atom. The molecule has 0 radical (unpaired) electrons. The normalized spacial score (nSPS) is 23.0. The lowest BCUT2D eigenvalue weighted by atomic mass is 9.96. The van der Waals surface area contributed by atoms with Crippen molar-refractivity contribution in [2.24, 2.45) is 11.8 Å². The largest absolute Gasteiger partial charge is 0.342 e. The molecule has 6 heteroatoms. The van der Waals surface area contributed by atoms with Crippen molar-refractivity contribution < 1.29 is 9.59 Å². The third-order valence-electron chi connectivity index (χ3n) is 5.12. The van der Waals surface area contributed by atoms with Crippen LogP contribution in [-0.2, 0) is 9.59 Å². The van der Waals surface area contributed by atoms with Crippen molar-refractivity contribution in [1.82, 2.24) is 10.2 Å². The summed E-state index contributed by atoms with van der Waals surface area (Å²) in [7, 11) is 0. The predicted octanol–water partition coefficient (Wildman–Crippen LogP) is 2.68. The Kier molecular flexibility index (Phi) is 7.72. The molecule has 2 fully saturated rings. The summed E-state index contributed by atoms with van der Waals surface area (Å²) in [5.41, 5.74) is 0.819. The number of halogens is 1. The quantitative estimate of drug-likeness (QED) is 0.843. The van der Waals surface area contributed by atoms with Crippen molar-refractivity contribution in [1.29, 1.82) is 0 Å². The van der Waals surface area contributed by atoms with Crippen LogP contribution in [0.2, 0.25) is 0 Å². The van der Waals surface area contributed by atoms with Crippen LogP contribution in [0, 0.1) is 11.8 Å². The van der Waals surface area contributed by atoms with Crippen molar-refractivity contribution in [3.05, 3.63) is 30.3 Å². The SMILES string of the molecule is Cl.O=C(Nc1ccccc1)C1CCCN(C(=O)CCC2CCNC2)C1. The summed E-state index contributed by atoms with van der Waals surface area (Å²) >= 11 is 0. The monoisotopic (exact) mass is 365 g/mol. The second-order valence-electron chi connectivity index (χ2n) is 6.93. The summed E-state index contributed by atoms with van der Waals surface area (Å²) in [5.74, 6) is 0.768. The minimum absolute atomic E-state index is 0. The fraction of sp³-hybridized carbons (Fsp3) is 0.579. The molecule has 2 atom stereocenters. The standard InChI is InChI=1S/C19H27N3O2.ClH/c23-18(9-8-15-10-11-20-13-15)22-12-4-5-16(14-22)19(24)21-17-6-2-1-3-7-17;/h1-3,6-7,15-16,20H,4-5,8-14H2,(H,21,24);1H. The number of piperidine rings is 1. The highest BCUT2D eigenvalue weighted by atomic mass is 35.5. The fourth-order valence-corrected chi connectivity index (χ4v) is 3.63. The maximum Gasteiger partial charge on any atom is 0.229 e. The molecule has 0 aliphatic carbocycles. The third-order valence-corrected chi connectivity index (χ3v) is 5.12. The van der Waals surface area contributed by atoms with Crippen LogP contribution in [0.3, 0.4) is 0 Å². The number of nitrogens with one attached hydrogen (secondary N) is 2. The van der Waals surface area contributed by atoms with Gasteiger partial charge in [-0.05, 0) is 56.8 Å². The van der Waals surface area contributed by atoms with E-state index in [0.717, 1.165) is 44.6 Å². The van der Waals surface area contributed by atoms with E-state index in [4.69, 9.17) is 0 Å². The zero-order valence-corrected chi connectivity index (χ0v) is 15.4. The molecule has 138 valence electrons. The van der Waals surface area contributed by atoms with E-state index >= 15 is 0 Å². The van der Waals surface area contributed by atoms with E-state index in [0.29, 0.717) is 18.9 Å². The Morgan fingerprint density at radius 2 is 2.00 bits per heavy atom. The van der Waals surface area contributed by atoms with E-state index < -0.39 is 0 Å². The molecule has 0 bridgehead atoms. The number of nitrogens with zero attached hydrogens (tertiary/aromatic N) is 1. The first-order valence-corrected chi connectivity index (χ1v) is 9.07. The Labute approximate surface area is 155 Å². The number of hydrogen-bond acceptors (Lipinski definition) is 3. The van der Waals surface area contributed by atoms with Gasteiger partial charge in [0.2, 0.25) is 11.8 Å². The van der Waals surface area contributed by atoms with Crippen LogP contribution in [0.4, 0.5) is 5.69 Å². The summed E-state index contributed by atoms with van der Waals surface area (Å²) in [6.07, 6.45) is 4.51. The van der Waals surface area contributed by atoms with Gasteiger partial charge >= 0.3 is 0 Å². The van der Waals surface area contributed by atoms with Gasteiger partial charge in [0.25, 0.3) is 0 Å². The summed E-state index contributed by atoms with van der Waals surface area (Å²) in [5, 5.41) is 6.31. The van der Waals surface area contributed by atoms with Gasteiger partial charge in [-0.1, -0.05) is 18.2 Å². The Morgan fingerprint density at radius 3 is 2.72 bits per heavy atom. The highest BCUT2D eigenvalue weighted by Gasteiger charge is 2.28. The molecule has 2 amide bonds. The van der Waals surface area contributed by atoms with Crippen molar-refractivity contribution in [3.8, 4) is 0 Å². The van der Waals surface area contributed by atoms with Crippen LogP contribution in [0.25, 0.3) is 0 Å². The molecule has 2 aliphatic rings. The molecule has 1 aromatic rings. The fourth-order valence-electron chi connectivity index (χ4n) is 3.63. The zero-order valence-electron chi connectivity index (χ0n) is 14.6. The van der Waals surface area contributed by atoms with Gasteiger partial charge < -0.3 is 15.5 Å². The number of para-hydroxylation sites is 1. The molecule has 1 aromatic carbocycles. The van der Waals surface area contributed by atoms with Gasteiger partial charge in [0.05, 0.1) is 5.92 Å². The molecule has 3 rings (SSSR count). The maximum absolute atomic E-state index is 12.5. The number of amides is 2. The maximum atomic E-state index is 12.5. The third kappa shape index (κ3) is 5.72. The van der Waals surface area contributed by atoms with Gasteiger partial charge in [-0.15, -0.1) is 12.4 Å². The van der Waals surface area contributed by atoms with Crippen LogP contribution >= 0.6 is 12.4 Å². The molecule has 0 saturated carbocycles. The minimum Gasteiger partial charge on any atom is -0.342 e. The Hall–Kier alpha value is -1.59. The van der Waals surface area contributed by atoms with Gasteiger partial charge in [-0.25, -0.2) is 0 Å². The van der Waals surface area contributed by atoms with Gasteiger partial charge in [-0.2, -0.15) is 0 Å². The number of carbonyl (C=O) groups excluding carboxylic acids is 2. The lowest BCUT2D eigenvalue weighted by Crippen LogP contribution is -2.43. The first-order chi connectivity index (χ1) is 11.7. The number of rotatable bonds is 5. The number of carbonyl (C=O) groups is 2. The minimum atomic E-state index is -0.101. The van der Waals surface area contributed by atoms with Crippen molar-refractivity contribution >= 4 is 29.9 Å². The molecule has 0 aromatic heterocycles. The van der Waals surface area contributed by atoms with Gasteiger partial charge in [-0.3, -0.25) is 9.59 Å². The van der Waals surface area contributed by atoms with Crippen LogP contribution in [-0.4, -0.2) is 42.9 Å². The second kappa shape index (κ2) is 9.78. The molecule has 2 heterocycles. The molecule has 5 nitrogen and oxygen atoms in total. The van der Waals surface area contributed by atoms with Crippen LogP contribution in [0.1, 0.15) is 32.1 Å². The zero-order chi connectivity index (χ0) is 16.8. The van der Waals surface area contributed by atoms with E-state index in [2.05, 4.69) is 10.6 Å². The van der Waals surface area contributed by atoms with Gasteiger partial charge in [0, 0.05) is 25.2 Å². The van der Waals surface area contributed by atoms with E-state index in [1.54, 1.807) is 0 Å². The first-order valence-electron chi connectivity index (χ1n) is 9.07. The predicted molar refractivity (Wildman–Crippen MR) is 102 cm³/mol. The lowest BCUT2D eigenvalue weighted by molar-refractivity contribution is -0.134. The lowest BCUT2D eigenvalue weighted by Gasteiger charge is -2.32. The highest BCUT2D eigenvalue weighted by molar-refractivity contribution is 5.93. The molecule has 2 unspecified atom stereocenters. The van der Waals surface area contributed by atoms with Crippen molar-refractivity contribution in [2.75, 3.05) is 31.5 Å². The van der Waals surface area contributed by atoms with Gasteiger partial charge in [0.15, 0.2) is 0 Å². The van der Waals surface area contributed by atoms with E-state index in [1.165, 1.54) is 6.42 Å². The summed E-state index contributed by atoms with van der Waals surface area (Å²) in [6.45, 7) is 3.46. The molecule has 2 N–H and O–H groups in total. The molecule has 2 saturated heterocycles. The van der Waals surface area contributed by atoms with Crippen molar-refractivity contribution in [2.45, 2.75) is 32.1 Å². The van der Waals surface area contributed by atoms with Crippen LogP contribution < -0.4 is 10.6 Å². The number of benzene rings is 1. The van der Waals surface area contributed by atoms with E-state index in [1.807, 2.05) is 35.2 Å². The summed E-state index contributed by atoms with van der Waals surface area (Å²) in [4.78, 5) is 26.8. The topological polar surface area (TPSA) is 61.4 Å². The number of hydrogen-bond donors (Lipinski definition) is 2. The van der Waals surface area contributed by atoms with Crippen LogP contribution in [0.5, 0.6) is 0 Å². The summed E-state index contributed by atoms with van der Waals surface area (Å²) < 4.78 is 0. The van der Waals surface area contributed by atoms with E-state index in [9.17, 15) is 9.59 Å². The van der Waals surface area contributed by atoms with E-state index in [-0.39, 0.29) is 30.1 Å². The van der Waals surface area contributed by atoms with Crippen LogP contribution in [0.15, 0.2) is 30.3 Å². The second-order valence-corrected chi connectivity index (χ2v) is 6.93. The van der Waals surface area contributed by atoms with Gasteiger partial charge in [0.1, 0.15) is 0 Å². The number of anilines is 1. The molecule has 25 heavy (non-hydrogen) atoms. The Bertz CT molecular complexity index is 561. The highest BCUT2D eigenvalue weighted by Crippen LogP contribution is 2.21. The smallest absolute Gasteiger partial charge is 0.229 e. The van der Waals surface area contributed by atoms with Crippen molar-refractivity contribution in [3.63, 3.8) is 0 Å². The summed E-state index contributed by atoms with van der Waals surface area (Å²) in [6, 6.07) is 9.52. The number of likely N-dealkylation sites (tertiary alicyclic amines) is 1. The molecule has 2 aliphatic heterocycles. The average Bonchev–Trinajstić information content (AvgIpc) is 3.14. The molecular weight excluding hydrogens is 338 g/mol. The average molecular weight is 366 g/mol. The Balaban J connectivity index is 0.00000225. The molecular formula is C19H28ClN3O2. The first kappa shape index (κ1) is 19.7. The molecule has 0 spiro atoms.